The SMILES string of the molecule is CC[C@H](C)CN(CC(=O)N1CCc2sccc2[C@@H]1COc1ccccc1F)C(=O)Cc1ccccc1. The van der Waals surface area contributed by atoms with Crippen molar-refractivity contribution in [2.75, 3.05) is 26.2 Å². The van der Waals surface area contributed by atoms with Crippen molar-refractivity contribution < 1.29 is 18.7 Å². The average molecular weight is 509 g/mol. The average Bonchev–Trinajstić information content (AvgIpc) is 3.37. The van der Waals surface area contributed by atoms with E-state index in [4.69, 9.17) is 4.74 Å². The van der Waals surface area contributed by atoms with Crippen molar-refractivity contribution in [2.45, 2.75) is 39.2 Å². The molecular weight excluding hydrogens is 475 g/mol. The van der Waals surface area contributed by atoms with Crippen molar-refractivity contribution in [2.24, 2.45) is 5.92 Å². The molecule has 2 aromatic carbocycles. The number of ether oxygens (including phenoxy) is 1. The van der Waals surface area contributed by atoms with Crippen LogP contribution in [0.15, 0.2) is 66.0 Å². The van der Waals surface area contributed by atoms with Gasteiger partial charge in [0.15, 0.2) is 11.6 Å². The van der Waals surface area contributed by atoms with Gasteiger partial charge in [0.25, 0.3) is 0 Å². The fourth-order valence-corrected chi connectivity index (χ4v) is 5.43. The van der Waals surface area contributed by atoms with Gasteiger partial charge in [-0.25, -0.2) is 4.39 Å². The summed E-state index contributed by atoms with van der Waals surface area (Å²) in [7, 11) is 0. The Balaban J connectivity index is 1.51. The second kappa shape index (κ2) is 12.2. The number of nitrogens with zero attached hydrogens (tertiary/aromatic N) is 2. The van der Waals surface area contributed by atoms with Gasteiger partial charge in [0, 0.05) is 18.0 Å². The number of carbonyl (C=O) groups is 2. The Morgan fingerprint density at radius 1 is 1.14 bits per heavy atom. The normalized spacial score (nSPS) is 15.8. The van der Waals surface area contributed by atoms with E-state index in [0.29, 0.717) is 13.1 Å². The quantitative estimate of drug-likeness (QED) is 0.363. The highest BCUT2D eigenvalue weighted by molar-refractivity contribution is 7.10. The molecule has 0 aliphatic carbocycles. The molecule has 3 aromatic rings. The third-order valence-corrected chi connectivity index (χ3v) is 7.75. The first kappa shape index (κ1) is 25.9. The van der Waals surface area contributed by atoms with Crippen molar-refractivity contribution in [3.05, 3.63) is 87.9 Å². The van der Waals surface area contributed by atoms with E-state index in [0.717, 1.165) is 24.0 Å². The molecule has 2 amide bonds. The molecular formula is C29H33FN2O3S. The zero-order valence-electron chi connectivity index (χ0n) is 20.9. The molecule has 4 rings (SSSR count). The van der Waals surface area contributed by atoms with Crippen LogP contribution >= 0.6 is 11.3 Å². The zero-order chi connectivity index (χ0) is 25.5. The lowest BCUT2D eigenvalue weighted by molar-refractivity contribution is -0.143. The summed E-state index contributed by atoms with van der Waals surface area (Å²) in [6.45, 7) is 5.43. The van der Waals surface area contributed by atoms with Crippen LogP contribution in [0.3, 0.4) is 0 Å². The lowest BCUT2D eigenvalue weighted by Crippen LogP contribution is -2.48. The van der Waals surface area contributed by atoms with E-state index in [2.05, 4.69) is 13.8 Å². The Hall–Kier alpha value is -3.19. The number of thiophene rings is 1. The summed E-state index contributed by atoms with van der Waals surface area (Å²) in [6, 6.07) is 17.6. The fourth-order valence-electron chi connectivity index (χ4n) is 4.50. The Bertz CT molecular complexity index is 1170. The summed E-state index contributed by atoms with van der Waals surface area (Å²) in [6.07, 6.45) is 1.95. The highest BCUT2D eigenvalue weighted by atomic mass is 32.1. The maximum absolute atomic E-state index is 14.2. The summed E-state index contributed by atoms with van der Waals surface area (Å²) < 4.78 is 20.0. The minimum absolute atomic E-state index is 0.0195. The van der Waals surface area contributed by atoms with Gasteiger partial charge in [0.2, 0.25) is 11.8 Å². The number of hydrogen-bond acceptors (Lipinski definition) is 4. The van der Waals surface area contributed by atoms with Crippen LogP contribution in [0.25, 0.3) is 0 Å². The molecule has 7 heteroatoms. The van der Waals surface area contributed by atoms with E-state index in [1.165, 1.54) is 10.9 Å². The molecule has 1 aromatic heterocycles. The molecule has 0 spiro atoms. The number of benzene rings is 2. The molecule has 36 heavy (non-hydrogen) atoms. The zero-order valence-corrected chi connectivity index (χ0v) is 21.7. The fraction of sp³-hybridized carbons (Fsp3) is 0.379. The standard InChI is InChI=1S/C29H33FN2O3S/c1-3-21(2)18-31(28(33)17-22-9-5-4-6-10-22)19-29(34)32-15-13-27-23(14-16-36-27)25(32)20-35-26-12-8-7-11-24(26)30/h4-12,14,16,21,25H,3,13,15,17-20H2,1-2H3/t21-,25-/m0/s1. The molecule has 0 saturated heterocycles. The molecule has 0 saturated carbocycles. The lowest BCUT2D eigenvalue weighted by Gasteiger charge is -2.37. The minimum Gasteiger partial charge on any atom is -0.488 e. The second-order valence-corrected chi connectivity index (χ2v) is 10.3. The Kier molecular flexibility index (Phi) is 8.75. The van der Waals surface area contributed by atoms with Gasteiger partial charge in [0.1, 0.15) is 6.61 Å². The van der Waals surface area contributed by atoms with Crippen molar-refractivity contribution in [1.29, 1.82) is 0 Å². The molecule has 0 unspecified atom stereocenters. The largest absolute Gasteiger partial charge is 0.488 e. The first-order valence-corrected chi connectivity index (χ1v) is 13.4. The minimum atomic E-state index is -0.428. The van der Waals surface area contributed by atoms with Gasteiger partial charge in [0.05, 0.1) is 19.0 Å². The number of amides is 2. The van der Waals surface area contributed by atoms with E-state index in [1.807, 2.05) is 41.8 Å². The second-order valence-electron chi connectivity index (χ2n) is 9.34. The highest BCUT2D eigenvalue weighted by Gasteiger charge is 2.34. The van der Waals surface area contributed by atoms with Gasteiger partial charge in [-0.15, -0.1) is 11.3 Å². The number of carbonyl (C=O) groups excluding carboxylic acids is 2. The van der Waals surface area contributed by atoms with Crippen LogP contribution in [0.2, 0.25) is 0 Å². The van der Waals surface area contributed by atoms with Gasteiger partial charge < -0.3 is 14.5 Å². The Morgan fingerprint density at radius 2 is 1.89 bits per heavy atom. The smallest absolute Gasteiger partial charge is 0.242 e. The number of hydrogen-bond donors (Lipinski definition) is 0. The molecule has 0 bridgehead atoms. The van der Waals surface area contributed by atoms with Crippen molar-refractivity contribution in [3.63, 3.8) is 0 Å². The predicted molar refractivity (Wildman–Crippen MR) is 141 cm³/mol. The maximum atomic E-state index is 14.2. The van der Waals surface area contributed by atoms with Gasteiger partial charge in [-0.05, 0) is 47.0 Å². The summed E-state index contributed by atoms with van der Waals surface area (Å²) in [5.41, 5.74) is 1.97. The number of para-hydroxylation sites is 1. The number of halogens is 1. The third-order valence-electron chi connectivity index (χ3n) is 6.75. The van der Waals surface area contributed by atoms with E-state index >= 15 is 0 Å². The summed E-state index contributed by atoms with van der Waals surface area (Å²) >= 11 is 1.67. The molecule has 2 atom stereocenters. The summed E-state index contributed by atoms with van der Waals surface area (Å²) in [4.78, 5) is 31.6. The van der Waals surface area contributed by atoms with Gasteiger partial charge >= 0.3 is 0 Å². The van der Waals surface area contributed by atoms with E-state index in [1.54, 1.807) is 39.3 Å². The predicted octanol–water partition coefficient (Wildman–Crippen LogP) is 5.51. The third kappa shape index (κ3) is 6.32. The summed E-state index contributed by atoms with van der Waals surface area (Å²) in [5, 5.41) is 2.02. The Labute approximate surface area is 216 Å². The topological polar surface area (TPSA) is 49.9 Å². The van der Waals surface area contributed by atoms with E-state index in [9.17, 15) is 14.0 Å². The van der Waals surface area contributed by atoms with Crippen LogP contribution in [0.4, 0.5) is 4.39 Å². The van der Waals surface area contributed by atoms with Gasteiger partial charge in [-0.2, -0.15) is 0 Å². The molecule has 190 valence electrons. The van der Waals surface area contributed by atoms with Gasteiger partial charge in [-0.3, -0.25) is 9.59 Å². The molecule has 1 aliphatic heterocycles. The monoisotopic (exact) mass is 508 g/mol. The number of rotatable bonds is 10. The molecule has 0 radical (unpaired) electrons. The lowest BCUT2D eigenvalue weighted by atomic mass is 10.00. The first-order chi connectivity index (χ1) is 17.5. The molecule has 0 N–H and O–H groups in total. The van der Waals surface area contributed by atoms with Crippen LogP contribution in [0.5, 0.6) is 5.75 Å². The van der Waals surface area contributed by atoms with Crippen LogP contribution in [0, 0.1) is 11.7 Å². The molecule has 0 fully saturated rings. The highest BCUT2D eigenvalue weighted by Crippen LogP contribution is 2.34. The van der Waals surface area contributed by atoms with Crippen LogP contribution < -0.4 is 4.74 Å². The maximum Gasteiger partial charge on any atom is 0.242 e. The first-order valence-electron chi connectivity index (χ1n) is 12.5. The van der Waals surface area contributed by atoms with Crippen molar-refractivity contribution in [1.82, 2.24) is 9.80 Å². The Morgan fingerprint density at radius 3 is 2.64 bits per heavy atom. The van der Waals surface area contributed by atoms with Crippen LogP contribution in [-0.4, -0.2) is 47.9 Å². The molecule has 1 aliphatic rings. The molecule has 2 heterocycles. The number of fused-ring (bicyclic) bond motifs is 1. The van der Waals surface area contributed by atoms with E-state index in [-0.39, 0.29) is 49.1 Å². The van der Waals surface area contributed by atoms with Crippen LogP contribution in [-0.2, 0) is 22.4 Å². The molecule has 5 nitrogen and oxygen atoms in total. The van der Waals surface area contributed by atoms with Crippen molar-refractivity contribution >= 4 is 23.2 Å². The van der Waals surface area contributed by atoms with E-state index < -0.39 is 5.82 Å². The van der Waals surface area contributed by atoms with Crippen molar-refractivity contribution in [3.8, 4) is 5.75 Å². The van der Waals surface area contributed by atoms with Gasteiger partial charge in [-0.1, -0.05) is 62.7 Å². The van der Waals surface area contributed by atoms with Crippen LogP contribution in [0.1, 0.15) is 42.3 Å². The summed E-state index contributed by atoms with van der Waals surface area (Å²) in [5.74, 6) is -0.143.